The van der Waals surface area contributed by atoms with E-state index in [0.29, 0.717) is 5.69 Å². The van der Waals surface area contributed by atoms with Crippen molar-refractivity contribution in [1.82, 2.24) is 5.01 Å². The first-order valence-electron chi connectivity index (χ1n) is 7.76. The Morgan fingerprint density at radius 2 is 1.67 bits per heavy atom. The number of carbonyl (C=O) groups excluding carboxylic acids is 2. The average Bonchev–Trinajstić information content (AvgIpc) is 2.43. The van der Waals surface area contributed by atoms with Gasteiger partial charge in [0.2, 0.25) is 5.91 Å². The average molecular weight is 336 g/mol. The van der Waals surface area contributed by atoms with Crippen LogP contribution in [0, 0.1) is 0 Å². The molecule has 1 aromatic rings. The Balaban J connectivity index is 2.23. The number of ether oxygens (including phenoxy) is 3. The summed E-state index contributed by atoms with van der Waals surface area (Å²) in [6, 6.07) is 7.01. The van der Waals surface area contributed by atoms with Gasteiger partial charge in [0.15, 0.2) is 12.6 Å². The van der Waals surface area contributed by atoms with Crippen molar-refractivity contribution < 1.29 is 23.8 Å². The third-order valence-electron chi connectivity index (χ3n) is 3.36. The molecular formula is C17H24N2O5. The van der Waals surface area contributed by atoms with E-state index in [0.717, 1.165) is 5.56 Å². The third kappa shape index (κ3) is 4.24. The molecule has 132 valence electrons. The standard InChI is InChI=1S/C17H24N2O5/c1-11(20)18(6)19(16(21)24-17(3,4)5)14-9-7-13(8-10-14)15-22-12(2)23-15/h7-10,12,15H,1-6H3. The minimum absolute atomic E-state index is 0.211. The highest BCUT2D eigenvalue weighted by molar-refractivity contribution is 5.91. The number of hydrogen-bond acceptors (Lipinski definition) is 5. The summed E-state index contributed by atoms with van der Waals surface area (Å²) in [6.07, 6.45) is -1.23. The number of hydrogen-bond donors (Lipinski definition) is 0. The molecule has 2 rings (SSSR count). The van der Waals surface area contributed by atoms with Gasteiger partial charge in [0.05, 0.1) is 5.69 Å². The van der Waals surface area contributed by atoms with Gasteiger partial charge in [-0.3, -0.25) is 4.79 Å². The zero-order valence-electron chi connectivity index (χ0n) is 14.9. The van der Waals surface area contributed by atoms with E-state index in [1.54, 1.807) is 45.0 Å². The van der Waals surface area contributed by atoms with Gasteiger partial charge >= 0.3 is 6.09 Å². The van der Waals surface area contributed by atoms with Gasteiger partial charge in [0.1, 0.15) is 5.60 Å². The topological polar surface area (TPSA) is 68.3 Å². The Kier molecular flexibility index (Phi) is 5.15. The molecule has 0 atom stereocenters. The van der Waals surface area contributed by atoms with Crippen molar-refractivity contribution in [2.75, 3.05) is 12.1 Å². The van der Waals surface area contributed by atoms with Gasteiger partial charge in [0.25, 0.3) is 0 Å². The molecule has 1 aromatic carbocycles. The second-order valence-electron chi connectivity index (χ2n) is 6.60. The van der Waals surface area contributed by atoms with E-state index in [-0.39, 0.29) is 12.2 Å². The molecule has 0 radical (unpaired) electrons. The Morgan fingerprint density at radius 3 is 2.08 bits per heavy atom. The summed E-state index contributed by atoms with van der Waals surface area (Å²) in [7, 11) is 1.51. The highest BCUT2D eigenvalue weighted by Gasteiger charge is 2.30. The maximum Gasteiger partial charge on any atom is 0.434 e. The minimum atomic E-state index is -0.670. The van der Waals surface area contributed by atoms with E-state index in [1.807, 2.05) is 6.92 Å². The number of rotatable bonds is 2. The second kappa shape index (κ2) is 6.78. The van der Waals surface area contributed by atoms with Gasteiger partial charge in [0, 0.05) is 19.5 Å². The van der Waals surface area contributed by atoms with Gasteiger partial charge in [-0.25, -0.2) is 9.80 Å². The summed E-state index contributed by atoms with van der Waals surface area (Å²) in [6.45, 7) is 8.51. The largest absolute Gasteiger partial charge is 0.442 e. The van der Waals surface area contributed by atoms with Gasteiger partial charge < -0.3 is 14.2 Å². The molecule has 7 nitrogen and oxygen atoms in total. The lowest BCUT2D eigenvalue weighted by molar-refractivity contribution is -0.382. The van der Waals surface area contributed by atoms with E-state index in [2.05, 4.69) is 0 Å². The maximum atomic E-state index is 12.5. The van der Waals surface area contributed by atoms with Gasteiger partial charge in [-0.05, 0) is 39.8 Å². The van der Waals surface area contributed by atoms with Crippen LogP contribution in [0.4, 0.5) is 10.5 Å². The first kappa shape index (κ1) is 18.2. The normalized spacial score (nSPS) is 20.1. The molecule has 0 N–H and O–H groups in total. The molecule has 0 aliphatic carbocycles. The van der Waals surface area contributed by atoms with Crippen LogP contribution in [-0.4, -0.2) is 35.9 Å². The van der Waals surface area contributed by atoms with Crippen LogP contribution in [0.1, 0.15) is 46.5 Å². The molecule has 2 amide bonds. The number of hydrazine groups is 1. The molecule has 0 bridgehead atoms. The summed E-state index contributed by atoms with van der Waals surface area (Å²) in [5, 5.41) is 2.41. The predicted molar refractivity (Wildman–Crippen MR) is 88.0 cm³/mol. The van der Waals surface area contributed by atoms with E-state index < -0.39 is 18.0 Å². The zero-order valence-corrected chi connectivity index (χ0v) is 14.9. The van der Waals surface area contributed by atoms with E-state index in [1.165, 1.54) is 24.0 Å². The molecule has 0 saturated carbocycles. The van der Waals surface area contributed by atoms with Crippen LogP contribution in [0.25, 0.3) is 0 Å². The molecule has 0 unspecified atom stereocenters. The SMILES string of the molecule is CC(=O)N(C)N(C(=O)OC(C)(C)C)c1ccc(C2OC(C)O2)cc1. The summed E-state index contributed by atoms with van der Waals surface area (Å²) in [4.78, 5) is 24.2. The highest BCUT2D eigenvalue weighted by Crippen LogP contribution is 2.32. The van der Waals surface area contributed by atoms with Crippen molar-refractivity contribution in [2.45, 2.75) is 52.8 Å². The number of amides is 2. The fourth-order valence-corrected chi connectivity index (χ4v) is 2.14. The molecular weight excluding hydrogens is 312 g/mol. The molecule has 1 fully saturated rings. The smallest absolute Gasteiger partial charge is 0.434 e. The van der Waals surface area contributed by atoms with Crippen molar-refractivity contribution in [3.63, 3.8) is 0 Å². The molecule has 1 saturated heterocycles. The van der Waals surface area contributed by atoms with Crippen molar-refractivity contribution in [3.8, 4) is 0 Å². The van der Waals surface area contributed by atoms with Gasteiger partial charge in [-0.1, -0.05) is 12.1 Å². The molecule has 24 heavy (non-hydrogen) atoms. The third-order valence-corrected chi connectivity index (χ3v) is 3.36. The number of benzene rings is 1. The first-order valence-corrected chi connectivity index (χ1v) is 7.76. The monoisotopic (exact) mass is 336 g/mol. The first-order chi connectivity index (χ1) is 11.1. The Bertz CT molecular complexity index is 602. The van der Waals surface area contributed by atoms with Crippen molar-refractivity contribution >= 4 is 17.7 Å². The highest BCUT2D eigenvalue weighted by atomic mass is 16.9. The number of anilines is 1. The minimum Gasteiger partial charge on any atom is -0.442 e. The Labute approximate surface area is 142 Å². The Morgan fingerprint density at radius 1 is 1.12 bits per heavy atom. The summed E-state index contributed by atoms with van der Waals surface area (Å²) in [5.74, 6) is -0.288. The van der Waals surface area contributed by atoms with Crippen LogP contribution in [0.15, 0.2) is 24.3 Å². The molecule has 7 heteroatoms. The lowest BCUT2D eigenvalue weighted by Gasteiger charge is -2.35. The molecule has 0 spiro atoms. The Hall–Kier alpha value is -2.12. The molecule has 1 aliphatic heterocycles. The van der Waals surface area contributed by atoms with E-state index >= 15 is 0 Å². The molecule has 0 aromatic heterocycles. The van der Waals surface area contributed by atoms with Crippen LogP contribution in [0.5, 0.6) is 0 Å². The quantitative estimate of drug-likeness (QED) is 0.776. The van der Waals surface area contributed by atoms with Crippen LogP contribution in [-0.2, 0) is 19.0 Å². The van der Waals surface area contributed by atoms with Gasteiger partial charge in [-0.15, -0.1) is 0 Å². The van der Waals surface area contributed by atoms with Crippen LogP contribution < -0.4 is 5.01 Å². The predicted octanol–water partition coefficient (Wildman–Crippen LogP) is 3.21. The second-order valence-corrected chi connectivity index (χ2v) is 6.60. The van der Waals surface area contributed by atoms with E-state index in [4.69, 9.17) is 14.2 Å². The maximum absolute atomic E-state index is 12.5. The summed E-state index contributed by atoms with van der Waals surface area (Å²) >= 11 is 0. The number of carbonyl (C=O) groups is 2. The lowest BCUT2D eigenvalue weighted by Crippen LogP contribution is -2.49. The number of nitrogens with zero attached hydrogens (tertiary/aromatic N) is 2. The lowest BCUT2D eigenvalue weighted by atomic mass is 10.2. The van der Waals surface area contributed by atoms with Gasteiger partial charge in [-0.2, -0.15) is 5.01 Å². The van der Waals surface area contributed by atoms with Crippen molar-refractivity contribution in [3.05, 3.63) is 29.8 Å². The fourth-order valence-electron chi connectivity index (χ4n) is 2.14. The van der Waals surface area contributed by atoms with E-state index in [9.17, 15) is 9.59 Å². The summed E-state index contributed by atoms with van der Waals surface area (Å²) in [5.41, 5.74) is 0.681. The van der Waals surface area contributed by atoms with Crippen molar-refractivity contribution in [2.24, 2.45) is 0 Å². The van der Waals surface area contributed by atoms with Crippen molar-refractivity contribution in [1.29, 1.82) is 0 Å². The fraction of sp³-hybridized carbons (Fsp3) is 0.529. The van der Waals surface area contributed by atoms with Crippen LogP contribution >= 0.6 is 0 Å². The molecule has 1 heterocycles. The molecule has 1 aliphatic rings. The van der Waals surface area contributed by atoms with Crippen LogP contribution in [0.3, 0.4) is 0 Å². The zero-order chi connectivity index (χ0) is 18.1. The van der Waals surface area contributed by atoms with Crippen LogP contribution in [0.2, 0.25) is 0 Å². The summed E-state index contributed by atoms with van der Waals surface area (Å²) < 4.78 is 16.3.